The number of aryl methyl sites for hydroxylation is 1. The van der Waals surface area contributed by atoms with Gasteiger partial charge in [-0.2, -0.15) is 0 Å². The van der Waals surface area contributed by atoms with Crippen LogP contribution < -0.4 is 4.74 Å². The molecule has 2 rings (SSSR count). The Hall–Kier alpha value is -1.02. The van der Waals surface area contributed by atoms with E-state index in [2.05, 4.69) is 56.9 Å². The van der Waals surface area contributed by atoms with E-state index >= 15 is 0 Å². The zero-order chi connectivity index (χ0) is 11.8. The first-order valence-corrected chi connectivity index (χ1v) is 5.98. The highest BCUT2D eigenvalue weighted by molar-refractivity contribution is 5.27. The summed E-state index contributed by atoms with van der Waals surface area (Å²) in [5, 5.41) is 0. The van der Waals surface area contributed by atoms with Gasteiger partial charge in [0.1, 0.15) is 11.4 Å². The van der Waals surface area contributed by atoms with Crippen LogP contribution >= 0.6 is 0 Å². The van der Waals surface area contributed by atoms with Crippen LogP contribution in [0, 0.1) is 6.92 Å². The molecule has 16 heavy (non-hydrogen) atoms. The molecule has 0 spiro atoms. The molecule has 1 aliphatic rings. The van der Waals surface area contributed by atoms with Gasteiger partial charge in [-0.05, 0) is 39.8 Å². The van der Waals surface area contributed by atoms with Crippen LogP contribution in [-0.4, -0.2) is 29.6 Å². The van der Waals surface area contributed by atoms with Crippen molar-refractivity contribution in [1.82, 2.24) is 4.90 Å². The van der Waals surface area contributed by atoms with Gasteiger partial charge in [-0.25, -0.2) is 0 Å². The summed E-state index contributed by atoms with van der Waals surface area (Å²) < 4.78 is 6.03. The Morgan fingerprint density at radius 2 is 1.75 bits per heavy atom. The van der Waals surface area contributed by atoms with Gasteiger partial charge in [0.2, 0.25) is 0 Å². The molecule has 0 saturated carbocycles. The van der Waals surface area contributed by atoms with E-state index in [0.29, 0.717) is 6.04 Å². The maximum atomic E-state index is 6.03. The van der Waals surface area contributed by atoms with E-state index in [1.807, 2.05) is 0 Å². The Bertz CT molecular complexity index is 350. The largest absolute Gasteiger partial charge is 0.485 e. The third-order valence-electron chi connectivity index (χ3n) is 3.19. The van der Waals surface area contributed by atoms with Crippen LogP contribution in [0.2, 0.25) is 0 Å². The van der Waals surface area contributed by atoms with Crippen molar-refractivity contribution < 1.29 is 4.74 Å². The topological polar surface area (TPSA) is 12.5 Å². The lowest BCUT2D eigenvalue weighted by Gasteiger charge is -2.49. The minimum Gasteiger partial charge on any atom is -0.485 e. The van der Waals surface area contributed by atoms with Crippen LogP contribution in [0.4, 0.5) is 0 Å². The highest BCUT2D eigenvalue weighted by Gasteiger charge is 2.41. The van der Waals surface area contributed by atoms with Crippen LogP contribution in [0.25, 0.3) is 0 Å². The van der Waals surface area contributed by atoms with Crippen LogP contribution in [0.15, 0.2) is 24.3 Å². The first kappa shape index (κ1) is 11.5. The molecule has 0 atom stereocenters. The molecule has 0 aliphatic carbocycles. The van der Waals surface area contributed by atoms with E-state index in [-0.39, 0.29) is 5.60 Å². The summed E-state index contributed by atoms with van der Waals surface area (Å²) >= 11 is 0. The number of likely N-dealkylation sites (tertiary alicyclic amines) is 1. The molecule has 0 amide bonds. The Kier molecular flexibility index (Phi) is 2.94. The lowest BCUT2D eigenvalue weighted by molar-refractivity contribution is -0.0775. The van der Waals surface area contributed by atoms with Gasteiger partial charge in [-0.3, -0.25) is 4.90 Å². The third-order valence-corrected chi connectivity index (χ3v) is 3.19. The fraction of sp³-hybridized carbons (Fsp3) is 0.571. The first-order valence-electron chi connectivity index (χ1n) is 5.98. The SMILES string of the molecule is Cc1ccc(OC2(C)CN(C(C)C)C2)cc1. The van der Waals surface area contributed by atoms with E-state index in [0.717, 1.165) is 18.8 Å². The first-order chi connectivity index (χ1) is 7.48. The molecule has 0 unspecified atom stereocenters. The van der Waals surface area contributed by atoms with Crippen molar-refractivity contribution in [1.29, 1.82) is 0 Å². The summed E-state index contributed by atoms with van der Waals surface area (Å²) in [5.41, 5.74) is 1.27. The summed E-state index contributed by atoms with van der Waals surface area (Å²) in [6, 6.07) is 8.92. The molecular weight excluding hydrogens is 198 g/mol. The Balaban J connectivity index is 1.94. The normalized spacial score (nSPS) is 19.6. The zero-order valence-electron chi connectivity index (χ0n) is 10.7. The molecule has 1 fully saturated rings. The Morgan fingerprint density at radius 3 is 2.25 bits per heavy atom. The second kappa shape index (κ2) is 4.10. The Morgan fingerprint density at radius 1 is 1.19 bits per heavy atom. The lowest BCUT2D eigenvalue weighted by atomic mass is 9.94. The predicted molar refractivity (Wildman–Crippen MR) is 66.9 cm³/mol. The summed E-state index contributed by atoms with van der Waals surface area (Å²) in [7, 11) is 0. The maximum Gasteiger partial charge on any atom is 0.131 e. The molecule has 1 aliphatic heterocycles. The van der Waals surface area contributed by atoms with Crippen molar-refractivity contribution in [2.24, 2.45) is 0 Å². The van der Waals surface area contributed by atoms with Gasteiger partial charge in [-0.1, -0.05) is 17.7 Å². The van der Waals surface area contributed by atoms with Crippen molar-refractivity contribution >= 4 is 0 Å². The van der Waals surface area contributed by atoms with E-state index < -0.39 is 0 Å². The van der Waals surface area contributed by atoms with Gasteiger partial charge in [0.25, 0.3) is 0 Å². The van der Waals surface area contributed by atoms with E-state index in [1.165, 1.54) is 5.56 Å². The second-order valence-corrected chi connectivity index (χ2v) is 5.36. The molecular formula is C14H21NO. The van der Waals surface area contributed by atoms with Gasteiger partial charge < -0.3 is 4.74 Å². The molecule has 88 valence electrons. The molecule has 2 heteroatoms. The van der Waals surface area contributed by atoms with Gasteiger partial charge in [0, 0.05) is 19.1 Å². The van der Waals surface area contributed by atoms with E-state index in [4.69, 9.17) is 4.74 Å². The molecule has 1 aromatic carbocycles. The molecule has 1 heterocycles. The van der Waals surface area contributed by atoms with E-state index in [1.54, 1.807) is 0 Å². The average molecular weight is 219 g/mol. The van der Waals surface area contributed by atoms with Crippen LogP contribution in [0.5, 0.6) is 5.75 Å². The van der Waals surface area contributed by atoms with Crippen molar-refractivity contribution in [2.75, 3.05) is 13.1 Å². The van der Waals surface area contributed by atoms with Crippen molar-refractivity contribution in [3.05, 3.63) is 29.8 Å². The molecule has 0 N–H and O–H groups in total. The summed E-state index contributed by atoms with van der Waals surface area (Å²) in [6.07, 6.45) is 0. The Labute approximate surface area is 98.2 Å². The van der Waals surface area contributed by atoms with Crippen molar-refractivity contribution in [2.45, 2.75) is 39.3 Å². The van der Waals surface area contributed by atoms with Crippen LogP contribution in [-0.2, 0) is 0 Å². The minimum absolute atomic E-state index is 0.000468. The van der Waals surface area contributed by atoms with Gasteiger partial charge in [0.15, 0.2) is 0 Å². The lowest BCUT2D eigenvalue weighted by Crippen LogP contribution is -2.64. The minimum atomic E-state index is -0.000468. The van der Waals surface area contributed by atoms with Crippen LogP contribution in [0.1, 0.15) is 26.3 Å². The monoisotopic (exact) mass is 219 g/mol. The second-order valence-electron chi connectivity index (χ2n) is 5.36. The number of hydrogen-bond acceptors (Lipinski definition) is 2. The highest BCUT2D eigenvalue weighted by Crippen LogP contribution is 2.28. The summed E-state index contributed by atoms with van der Waals surface area (Å²) in [6.45, 7) is 10.8. The predicted octanol–water partition coefficient (Wildman–Crippen LogP) is 2.86. The number of ether oxygens (including phenoxy) is 1. The van der Waals surface area contributed by atoms with E-state index in [9.17, 15) is 0 Å². The molecule has 1 aromatic rings. The third kappa shape index (κ3) is 2.38. The molecule has 0 radical (unpaired) electrons. The zero-order valence-corrected chi connectivity index (χ0v) is 10.7. The standard InChI is InChI=1S/C14H21NO/c1-11(2)15-9-14(4,10-15)16-13-7-5-12(3)6-8-13/h5-8,11H,9-10H2,1-4H3. The quantitative estimate of drug-likeness (QED) is 0.775. The smallest absolute Gasteiger partial charge is 0.131 e. The highest BCUT2D eigenvalue weighted by atomic mass is 16.5. The summed E-state index contributed by atoms with van der Waals surface area (Å²) in [5.74, 6) is 0.983. The molecule has 0 aromatic heterocycles. The molecule has 2 nitrogen and oxygen atoms in total. The fourth-order valence-corrected chi connectivity index (χ4v) is 2.13. The van der Waals surface area contributed by atoms with Gasteiger partial charge in [0.05, 0.1) is 0 Å². The molecule has 1 saturated heterocycles. The van der Waals surface area contributed by atoms with Gasteiger partial charge >= 0.3 is 0 Å². The number of nitrogens with zero attached hydrogens (tertiary/aromatic N) is 1. The van der Waals surface area contributed by atoms with Crippen molar-refractivity contribution in [3.8, 4) is 5.75 Å². The number of hydrogen-bond donors (Lipinski definition) is 0. The summed E-state index contributed by atoms with van der Waals surface area (Å²) in [4.78, 5) is 2.42. The fourth-order valence-electron chi connectivity index (χ4n) is 2.13. The molecule has 0 bridgehead atoms. The van der Waals surface area contributed by atoms with Crippen molar-refractivity contribution in [3.63, 3.8) is 0 Å². The maximum absolute atomic E-state index is 6.03. The van der Waals surface area contributed by atoms with Crippen LogP contribution in [0.3, 0.4) is 0 Å². The van der Waals surface area contributed by atoms with Gasteiger partial charge in [-0.15, -0.1) is 0 Å². The number of rotatable bonds is 3. The average Bonchev–Trinajstić information content (AvgIpc) is 2.17. The number of benzene rings is 1.